The monoisotopic (exact) mass is 517 g/mol. The summed E-state index contributed by atoms with van der Waals surface area (Å²) >= 11 is 0. The van der Waals surface area contributed by atoms with E-state index in [1.165, 1.54) is 0 Å². The van der Waals surface area contributed by atoms with Crippen molar-refractivity contribution in [2.75, 3.05) is 39.8 Å². The Hall–Kier alpha value is -3.50. The van der Waals surface area contributed by atoms with Crippen LogP contribution in [0.3, 0.4) is 0 Å². The van der Waals surface area contributed by atoms with Crippen LogP contribution in [0.25, 0.3) is 0 Å². The predicted octanol–water partition coefficient (Wildman–Crippen LogP) is -4.96. The average Bonchev–Trinajstić information content (AvgIpc) is 2.83. The van der Waals surface area contributed by atoms with E-state index in [1.54, 1.807) is 7.05 Å². The maximum atomic E-state index is 12.7. The number of carboxylic acid groups (broad SMARTS) is 1. The van der Waals surface area contributed by atoms with E-state index in [1.807, 2.05) is 5.32 Å². The van der Waals surface area contributed by atoms with Crippen molar-refractivity contribution in [3.8, 4) is 0 Å². The maximum Gasteiger partial charge on any atom is 0.328 e. The van der Waals surface area contributed by atoms with Gasteiger partial charge in [0.1, 0.15) is 12.1 Å². The molecule has 0 aliphatic rings. The molecule has 0 saturated heterocycles. The number of nitrogens with one attached hydrogen (secondary N) is 5. The number of amides is 4. The van der Waals surface area contributed by atoms with Crippen LogP contribution in [0.1, 0.15) is 32.1 Å². The SMILES string of the molecule is CNC(CCCCN)C(=O)NC(CCCN=C(N)N)C(=O)NCC(=O)NCC(=O)NC(CO)C(=O)O. The zero-order valence-corrected chi connectivity index (χ0v) is 20.4. The number of likely N-dealkylation sites (N-methyl/N-ethyl adjacent to an activating group) is 1. The van der Waals surface area contributed by atoms with Crippen LogP contribution >= 0.6 is 0 Å². The molecule has 206 valence electrons. The Morgan fingerprint density at radius 1 is 0.833 bits per heavy atom. The number of aliphatic imine (C=N–C) groups is 1. The van der Waals surface area contributed by atoms with Crippen molar-refractivity contribution in [3.63, 3.8) is 0 Å². The van der Waals surface area contributed by atoms with Gasteiger partial charge in [-0.05, 0) is 39.3 Å². The largest absolute Gasteiger partial charge is 0.480 e. The highest BCUT2D eigenvalue weighted by Gasteiger charge is 2.25. The number of carboxylic acids is 1. The first kappa shape index (κ1) is 32.5. The van der Waals surface area contributed by atoms with Crippen LogP contribution < -0.4 is 43.8 Å². The van der Waals surface area contributed by atoms with Crippen molar-refractivity contribution in [2.45, 2.75) is 50.2 Å². The zero-order chi connectivity index (χ0) is 27.5. The second-order valence-corrected chi connectivity index (χ2v) is 7.77. The molecule has 0 rings (SSSR count). The van der Waals surface area contributed by atoms with Crippen molar-refractivity contribution in [1.29, 1.82) is 0 Å². The summed E-state index contributed by atoms with van der Waals surface area (Å²) in [6.45, 7) is -1.15. The fourth-order valence-electron chi connectivity index (χ4n) is 2.91. The summed E-state index contributed by atoms with van der Waals surface area (Å²) in [6, 6.07) is -3.02. The predicted molar refractivity (Wildman–Crippen MR) is 130 cm³/mol. The van der Waals surface area contributed by atoms with E-state index in [9.17, 15) is 24.0 Å². The van der Waals surface area contributed by atoms with Gasteiger partial charge >= 0.3 is 5.97 Å². The Morgan fingerprint density at radius 2 is 1.47 bits per heavy atom. The molecule has 36 heavy (non-hydrogen) atoms. The Balaban J connectivity index is 4.89. The number of aliphatic hydroxyl groups excluding tert-OH is 1. The van der Waals surface area contributed by atoms with E-state index in [0.29, 0.717) is 19.4 Å². The minimum absolute atomic E-state index is 0.107. The van der Waals surface area contributed by atoms with E-state index >= 15 is 0 Å². The fourth-order valence-corrected chi connectivity index (χ4v) is 2.91. The molecule has 0 aliphatic heterocycles. The molecule has 3 unspecified atom stereocenters. The lowest BCUT2D eigenvalue weighted by atomic mass is 10.1. The number of guanidine groups is 1. The summed E-state index contributed by atoms with van der Waals surface area (Å²) in [6.07, 6.45) is 2.55. The summed E-state index contributed by atoms with van der Waals surface area (Å²) in [4.78, 5) is 63.7. The van der Waals surface area contributed by atoms with E-state index in [2.05, 4.69) is 26.3 Å². The second kappa shape index (κ2) is 18.8. The molecule has 0 fully saturated rings. The molecule has 0 aliphatic carbocycles. The third kappa shape index (κ3) is 14.7. The van der Waals surface area contributed by atoms with Gasteiger partial charge in [0, 0.05) is 6.54 Å². The van der Waals surface area contributed by atoms with Gasteiger partial charge in [0.15, 0.2) is 5.96 Å². The van der Waals surface area contributed by atoms with Gasteiger partial charge in [0.25, 0.3) is 0 Å². The molecule has 16 nitrogen and oxygen atoms in total. The van der Waals surface area contributed by atoms with Crippen molar-refractivity contribution in [1.82, 2.24) is 26.6 Å². The Morgan fingerprint density at radius 3 is 2.03 bits per heavy atom. The van der Waals surface area contributed by atoms with E-state index in [0.717, 1.165) is 12.8 Å². The van der Waals surface area contributed by atoms with Gasteiger partial charge in [-0.15, -0.1) is 0 Å². The lowest BCUT2D eigenvalue weighted by molar-refractivity contribution is -0.142. The van der Waals surface area contributed by atoms with Gasteiger partial charge in [-0.25, -0.2) is 4.79 Å². The smallest absolute Gasteiger partial charge is 0.328 e. The number of aliphatic carboxylic acids is 1. The minimum atomic E-state index is -1.51. The standard InChI is InChI=1S/C20H39N9O7/c1-24-12(5-2-3-7-21)18(34)29-13(6-4-8-25-20(22)23)17(33)27-9-15(31)26-10-16(32)28-14(11-30)19(35)36/h12-14,24,30H,2-11,21H2,1H3,(H,26,31)(H,27,33)(H,28,32)(H,29,34)(H,35,36)(H4,22,23,25). The lowest BCUT2D eigenvalue weighted by Gasteiger charge is -2.22. The molecule has 0 radical (unpaired) electrons. The van der Waals surface area contributed by atoms with Crippen molar-refractivity contribution >= 4 is 35.6 Å². The summed E-state index contributed by atoms with van der Waals surface area (Å²) in [7, 11) is 1.63. The number of hydrogen-bond acceptors (Lipinski definition) is 9. The molecule has 0 aromatic carbocycles. The van der Waals surface area contributed by atoms with Crippen LogP contribution in [-0.2, 0) is 24.0 Å². The van der Waals surface area contributed by atoms with E-state index < -0.39 is 67.4 Å². The third-order valence-electron chi connectivity index (χ3n) is 4.88. The first-order valence-electron chi connectivity index (χ1n) is 11.5. The van der Waals surface area contributed by atoms with Crippen LogP contribution in [0.2, 0.25) is 0 Å². The van der Waals surface area contributed by atoms with Gasteiger partial charge in [0.05, 0.1) is 25.7 Å². The van der Waals surface area contributed by atoms with Crippen molar-refractivity contribution in [2.24, 2.45) is 22.2 Å². The lowest BCUT2D eigenvalue weighted by Crippen LogP contribution is -2.53. The molecule has 16 heteroatoms. The first-order chi connectivity index (χ1) is 17.0. The molecule has 0 heterocycles. The highest BCUT2D eigenvalue weighted by atomic mass is 16.4. The Bertz CT molecular complexity index is 760. The van der Waals surface area contributed by atoms with Crippen LogP contribution in [0, 0.1) is 0 Å². The molecule has 13 N–H and O–H groups in total. The number of carbonyl (C=O) groups is 5. The Labute approximate surface area is 209 Å². The molecule has 0 bridgehead atoms. The van der Waals surface area contributed by atoms with Crippen LogP contribution in [-0.4, -0.2) is 104 Å². The summed E-state index contributed by atoms with van der Waals surface area (Å²) in [5, 5.41) is 29.9. The number of nitrogens with zero attached hydrogens (tertiary/aromatic N) is 1. The summed E-state index contributed by atoms with van der Waals surface area (Å²) < 4.78 is 0. The fraction of sp³-hybridized carbons (Fsp3) is 0.700. The normalized spacial score (nSPS) is 13.0. The zero-order valence-electron chi connectivity index (χ0n) is 20.4. The average molecular weight is 518 g/mol. The van der Waals surface area contributed by atoms with E-state index in [4.69, 9.17) is 27.4 Å². The van der Waals surface area contributed by atoms with Crippen LogP contribution in [0.4, 0.5) is 0 Å². The molecule has 3 atom stereocenters. The number of aliphatic hydroxyl groups is 1. The first-order valence-corrected chi connectivity index (χ1v) is 11.5. The quantitative estimate of drug-likeness (QED) is 0.0440. The molecule has 0 saturated carbocycles. The summed E-state index contributed by atoms with van der Waals surface area (Å²) in [5.74, 6) is -4.13. The van der Waals surface area contributed by atoms with Crippen molar-refractivity contribution in [3.05, 3.63) is 0 Å². The second-order valence-electron chi connectivity index (χ2n) is 7.77. The van der Waals surface area contributed by atoms with Gasteiger partial charge < -0.3 is 54.0 Å². The van der Waals surface area contributed by atoms with Gasteiger partial charge in [0.2, 0.25) is 23.6 Å². The van der Waals surface area contributed by atoms with Gasteiger partial charge in [-0.1, -0.05) is 6.42 Å². The molecule has 0 aromatic rings. The number of hydrogen-bond donors (Lipinski definition) is 10. The number of rotatable bonds is 19. The number of unbranched alkanes of at least 4 members (excludes halogenated alkanes) is 1. The van der Waals surface area contributed by atoms with Gasteiger partial charge in [-0.3, -0.25) is 24.2 Å². The van der Waals surface area contributed by atoms with Crippen LogP contribution in [0.5, 0.6) is 0 Å². The summed E-state index contributed by atoms with van der Waals surface area (Å²) in [5.41, 5.74) is 16.1. The third-order valence-corrected chi connectivity index (χ3v) is 4.88. The topological polar surface area (TPSA) is 276 Å². The Kier molecular flexibility index (Phi) is 17.0. The molecule has 0 aromatic heterocycles. The molecule has 0 spiro atoms. The molecular weight excluding hydrogens is 478 g/mol. The minimum Gasteiger partial charge on any atom is -0.480 e. The van der Waals surface area contributed by atoms with Crippen molar-refractivity contribution < 1.29 is 34.2 Å². The maximum absolute atomic E-state index is 12.7. The highest BCUT2D eigenvalue weighted by molar-refractivity contribution is 5.93. The molecule has 4 amide bonds. The number of carbonyl (C=O) groups excluding carboxylic acids is 4. The highest BCUT2D eigenvalue weighted by Crippen LogP contribution is 2.04. The molecular formula is C20H39N9O7. The van der Waals surface area contributed by atoms with E-state index in [-0.39, 0.29) is 18.9 Å². The van der Waals surface area contributed by atoms with Crippen LogP contribution in [0.15, 0.2) is 4.99 Å². The van der Waals surface area contributed by atoms with Gasteiger partial charge in [-0.2, -0.15) is 0 Å². The number of nitrogens with two attached hydrogens (primary N) is 3.